The van der Waals surface area contributed by atoms with E-state index in [-0.39, 0.29) is 18.2 Å². The van der Waals surface area contributed by atoms with Crippen LogP contribution in [0.2, 0.25) is 0 Å². The molecule has 0 spiro atoms. The monoisotopic (exact) mass is 526 g/mol. The lowest BCUT2D eigenvalue weighted by atomic mass is 9.88. The molecular formula is C23H23F5N6OS. The second-order valence-corrected chi connectivity index (χ2v) is 9.99. The average Bonchev–Trinajstić information content (AvgIpc) is 3.18. The molecule has 4 rings (SSSR count). The molecule has 0 aromatic carbocycles. The van der Waals surface area contributed by atoms with E-state index in [1.807, 2.05) is 0 Å². The SMILES string of the molecule is Cc1cccc(-c2sc(C)nc2C(=O)N2CC(F)(F)C[C@@H](C)C2CNc2ncc(C(F)(F)F)cn2)n1. The molecule has 0 aliphatic carbocycles. The van der Waals surface area contributed by atoms with E-state index < -0.39 is 48.5 Å². The van der Waals surface area contributed by atoms with Crippen molar-refractivity contribution in [2.45, 2.75) is 45.3 Å². The summed E-state index contributed by atoms with van der Waals surface area (Å²) < 4.78 is 67.5. The fraction of sp³-hybridized carbons (Fsp3) is 0.435. The Balaban J connectivity index is 1.61. The summed E-state index contributed by atoms with van der Waals surface area (Å²) in [5.74, 6) is -4.50. The second kappa shape index (κ2) is 9.68. The average molecular weight is 527 g/mol. The van der Waals surface area contributed by atoms with Gasteiger partial charge in [-0.05, 0) is 31.9 Å². The first-order chi connectivity index (χ1) is 16.8. The number of nitrogens with zero attached hydrogens (tertiary/aromatic N) is 5. The number of carbonyl (C=O) groups is 1. The fourth-order valence-corrected chi connectivity index (χ4v) is 5.07. The maximum absolute atomic E-state index is 14.6. The van der Waals surface area contributed by atoms with Crippen LogP contribution in [0.4, 0.5) is 27.9 Å². The van der Waals surface area contributed by atoms with Crippen LogP contribution in [-0.2, 0) is 6.18 Å². The van der Waals surface area contributed by atoms with Gasteiger partial charge in [0.2, 0.25) is 5.95 Å². The number of halogens is 5. The first kappa shape index (κ1) is 25.9. The van der Waals surface area contributed by atoms with Gasteiger partial charge in [-0.1, -0.05) is 13.0 Å². The summed E-state index contributed by atoms with van der Waals surface area (Å²) in [6.45, 7) is 4.28. The topological polar surface area (TPSA) is 83.9 Å². The Morgan fingerprint density at radius 3 is 2.53 bits per heavy atom. The van der Waals surface area contributed by atoms with Gasteiger partial charge in [0, 0.05) is 31.1 Å². The van der Waals surface area contributed by atoms with Gasteiger partial charge >= 0.3 is 6.18 Å². The van der Waals surface area contributed by atoms with Crippen molar-refractivity contribution in [2.24, 2.45) is 5.92 Å². The van der Waals surface area contributed by atoms with E-state index in [2.05, 4.69) is 25.3 Å². The number of aromatic nitrogens is 4. The normalized spacial score (nSPS) is 19.8. The molecule has 13 heteroatoms. The predicted octanol–water partition coefficient (Wildman–Crippen LogP) is 5.23. The number of likely N-dealkylation sites (tertiary alicyclic amines) is 1. The minimum absolute atomic E-state index is 0.0322. The molecule has 3 aromatic rings. The highest BCUT2D eigenvalue weighted by Crippen LogP contribution is 2.37. The van der Waals surface area contributed by atoms with Gasteiger partial charge in [0.05, 0.1) is 33.7 Å². The molecule has 192 valence electrons. The number of hydrogen-bond acceptors (Lipinski definition) is 7. The highest BCUT2D eigenvalue weighted by molar-refractivity contribution is 7.15. The summed E-state index contributed by atoms with van der Waals surface area (Å²) in [5, 5.41) is 3.37. The first-order valence-electron chi connectivity index (χ1n) is 11.1. The van der Waals surface area contributed by atoms with Crippen molar-refractivity contribution in [3.05, 3.63) is 52.6 Å². The third-order valence-electron chi connectivity index (χ3n) is 5.85. The Hall–Kier alpha value is -3.22. The molecule has 7 nitrogen and oxygen atoms in total. The lowest BCUT2D eigenvalue weighted by Crippen LogP contribution is -2.57. The first-order valence-corrected chi connectivity index (χ1v) is 11.9. The Morgan fingerprint density at radius 1 is 1.19 bits per heavy atom. The lowest BCUT2D eigenvalue weighted by molar-refractivity contribution is -0.138. The van der Waals surface area contributed by atoms with E-state index in [0.717, 1.165) is 10.6 Å². The van der Waals surface area contributed by atoms with Crippen molar-refractivity contribution in [3.63, 3.8) is 0 Å². The van der Waals surface area contributed by atoms with Gasteiger partial charge in [-0.2, -0.15) is 13.2 Å². The lowest BCUT2D eigenvalue weighted by Gasteiger charge is -2.43. The zero-order valence-corrected chi connectivity index (χ0v) is 20.4. The van der Waals surface area contributed by atoms with Crippen LogP contribution < -0.4 is 5.32 Å². The fourth-order valence-electron chi connectivity index (χ4n) is 4.19. The number of piperidine rings is 1. The number of hydrogen-bond donors (Lipinski definition) is 1. The standard InChI is InChI=1S/C23H23F5N6OS/c1-12-7-22(24,25)11-34(17(12)10-31-21-29-8-15(9-30-21)23(26,27)28)20(35)18-19(36-14(3)33-18)16-6-4-5-13(2)32-16/h4-6,8-9,12,17H,7,10-11H2,1-3H3,(H,29,30,31)/t12-,17?/m1/s1. The molecule has 0 saturated carbocycles. The number of nitrogens with one attached hydrogen (secondary N) is 1. The quantitative estimate of drug-likeness (QED) is 0.459. The van der Waals surface area contributed by atoms with E-state index in [1.54, 1.807) is 39.0 Å². The number of thiazole rings is 1. The zero-order chi connectivity index (χ0) is 26.3. The van der Waals surface area contributed by atoms with Crippen molar-refractivity contribution in [1.82, 2.24) is 24.8 Å². The van der Waals surface area contributed by atoms with E-state index in [0.29, 0.717) is 28.0 Å². The molecule has 4 heterocycles. The molecule has 1 saturated heterocycles. The van der Waals surface area contributed by atoms with Gasteiger partial charge in [-0.3, -0.25) is 9.78 Å². The summed E-state index contributed by atoms with van der Waals surface area (Å²) in [6, 6.07) is 4.61. The van der Waals surface area contributed by atoms with E-state index in [4.69, 9.17) is 0 Å². The third-order valence-corrected chi connectivity index (χ3v) is 6.84. The summed E-state index contributed by atoms with van der Waals surface area (Å²) >= 11 is 1.25. The van der Waals surface area contributed by atoms with Crippen molar-refractivity contribution in [1.29, 1.82) is 0 Å². The van der Waals surface area contributed by atoms with E-state index in [9.17, 15) is 26.7 Å². The molecule has 1 N–H and O–H groups in total. The van der Waals surface area contributed by atoms with Gasteiger partial charge in [0.25, 0.3) is 11.8 Å². The second-order valence-electron chi connectivity index (χ2n) is 8.79. The third kappa shape index (κ3) is 5.61. The van der Waals surface area contributed by atoms with Crippen molar-refractivity contribution in [2.75, 3.05) is 18.4 Å². The Kier molecular flexibility index (Phi) is 6.95. The van der Waals surface area contributed by atoms with Crippen LogP contribution in [0, 0.1) is 19.8 Å². The molecule has 1 aliphatic rings. The molecule has 1 fully saturated rings. The Morgan fingerprint density at radius 2 is 1.89 bits per heavy atom. The number of alkyl halides is 5. The number of pyridine rings is 1. The van der Waals surface area contributed by atoms with Crippen molar-refractivity contribution < 1.29 is 26.7 Å². The van der Waals surface area contributed by atoms with Crippen LogP contribution in [0.15, 0.2) is 30.6 Å². The highest BCUT2D eigenvalue weighted by atomic mass is 32.1. The largest absolute Gasteiger partial charge is 0.419 e. The minimum Gasteiger partial charge on any atom is -0.352 e. The molecular weight excluding hydrogens is 503 g/mol. The number of aryl methyl sites for hydroxylation is 2. The van der Waals surface area contributed by atoms with Crippen LogP contribution in [0.1, 0.15) is 40.1 Å². The maximum Gasteiger partial charge on any atom is 0.419 e. The molecule has 3 aromatic heterocycles. The van der Waals surface area contributed by atoms with Crippen LogP contribution in [0.5, 0.6) is 0 Å². The van der Waals surface area contributed by atoms with Crippen molar-refractivity contribution >= 4 is 23.2 Å². The molecule has 2 atom stereocenters. The van der Waals surface area contributed by atoms with Crippen LogP contribution in [0.25, 0.3) is 10.6 Å². The summed E-state index contributed by atoms with van der Waals surface area (Å²) in [7, 11) is 0. The van der Waals surface area contributed by atoms with Gasteiger partial charge in [-0.15, -0.1) is 11.3 Å². The van der Waals surface area contributed by atoms with E-state index >= 15 is 0 Å². The number of carbonyl (C=O) groups excluding carboxylic acids is 1. The number of amides is 1. The molecule has 36 heavy (non-hydrogen) atoms. The van der Waals surface area contributed by atoms with Crippen LogP contribution in [-0.4, -0.2) is 55.8 Å². The molecule has 1 unspecified atom stereocenters. The Bertz CT molecular complexity index is 1250. The number of anilines is 1. The zero-order valence-electron chi connectivity index (χ0n) is 19.6. The van der Waals surface area contributed by atoms with Crippen molar-refractivity contribution in [3.8, 4) is 10.6 Å². The van der Waals surface area contributed by atoms with Crippen LogP contribution >= 0.6 is 11.3 Å². The maximum atomic E-state index is 14.6. The van der Waals surface area contributed by atoms with Gasteiger partial charge in [-0.25, -0.2) is 23.7 Å². The molecule has 0 radical (unpaired) electrons. The number of rotatable bonds is 5. The Labute approximate surface area is 207 Å². The van der Waals surface area contributed by atoms with Crippen LogP contribution in [0.3, 0.4) is 0 Å². The summed E-state index contributed by atoms with van der Waals surface area (Å²) in [4.78, 5) is 31.3. The van der Waals surface area contributed by atoms with Gasteiger partial charge in [0.15, 0.2) is 0 Å². The minimum atomic E-state index is -4.58. The van der Waals surface area contributed by atoms with Gasteiger partial charge < -0.3 is 10.2 Å². The molecule has 0 bridgehead atoms. The predicted molar refractivity (Wildman–Crippen MR) is 124 cm³/mol. The summed E-state index contributed by atoms with van der Waals surface area (Å²) in [6.07, 6.45) is -3.76. The highest BCUT2D eigenvalue weighted by Gasteiger charge is 2.47. The molecule has 1 aliphatic heterocycles. The molecule has 1 amide bonds. The summed E-state index contributed by atoms with van der Waals surface area (Å²) in [5.41, 5.74) is 0.283. The van der Waals surface area contributed by atoms with Gasteiger partial charge in [0.1, 0.15) is 5.69 Å². The van der Waals surface area contributed by atoms with E-state index in [1.165, 1.54) is 11.3 Å². The smallest absolute Gasteiger partial charge is 0.352 e.